The van der Waals surface area contributed by atoms with E-state index in [1.165, 1.54) is 3.97 Å². The van der Waals surface area contributed by atoms with Gasteiger partial charge in [-0.15, -0.1) is 0 Å². The molecule has 4 heteroatoms. The lowest BCUT2D eigenvalue weighted by Crippen LogP contribution is -2.10. The Bertz CT molecular complexity index is 585. The van der Waals surface area contributed by atoms with E-state index >= 15 is 0 Å². The Hall–Kier alpha value is -1.55. The molecule has 3 nitrogen and oxygen atoms in total. The first-order valence-electron chi connectivity index (χ1n) is 5.62. The van der Waals surface area contributed by atoms with Crippen LogP contribution in [0.25, 0.3) is 0 Å². The van der Waals surface area contributed by atoms with Crippen molar-refractivity contribution in [2.75, 3.05) is 0 Å². The molecule has 0 spiro atoms. The highest BCUT2D eigenvalue weighted by Gasteiger charge is 2.15. The molecule has 0 bridgehead atoms. The molecule has 2 rings (SSSR count). The number of benzene rings is 1. The van der Waals surface area contributed by atoms with Crippen molar-refractivity contribution in [3.8, 4) is 0 Å². The van der Waals surface area contributed by atoms with E-state index in [4.69, 9.17) is 0 Å². The van der Waals surface area contributed by atoms with Gasteiger partial charge >= 0.3 is 0 Å². The minimum atomic E-state index is -3.42. The molecule has 0 saturated carbocycles. The van der Waals surface area contributed by atoms with Gasteiger partial charge in [-0.1, -0.05) is 31.5 Å². The molecule has 0 saturated heterocycles. The molecule has 0 radical (unpaired) electrons. The van der Waals surface area contributed by atoms with Gasteiger partial charge in [-0.25, -0.2) is 12.4 Å². The molecule has 0 amide bonds. The Morgan fingerprint density at radius 2 is 1.82 bits per heavy atom. The number of hydrogen-bond donors (Lipinski definition) is 0. The zero-order valence-corrected chi connectivity index (χ0v) is 10.5. The molecule has 0 unspecified atom stereocenters. The molecule has 0 aliphatic carbocycles. The Morgan fingerprint density at radius 1 is 1.12 bits per heavy atom. The lowest BCUT2D eigenvalue weighted by molar-refractivity contribution is 0.587. The molecular weight excluding hydrogens is 234 g/mol. The molecule has 0 N–H and O–H groups in total. The third-order valence-electron chi connectivity index (χ3n) is 2.59. The minimum Gasteiger partial charge on any atom is -0.249 e. The smallest absolute Gasteiger partial charge is 0.249 e. The van der Waals surface area contributed by atoms with Gasteiger partial charge in [-0.05, 0) is 30.2 Å². The van der Waals surface area contributed by atoms with Gasteiger partial charge in [0.25, 0.3) is 10.0 Å². The molecule has 0 aliphatic rings. The van der Waals surface area contributed by atoms with Crippen molar-refractivity contribution in [1.82, 2.24) is 3.97 Å². The van der Waals surface area contributed by atoms with Crippen molar-refractivity contribution in [3.63, 3.8) is 0 Å². The zero-order chi connectivity index (χ0) is 12.3. The third-order valence-corrected chi connectivity index (χ3v) is 4.24. The standard InChI is InChI=1S/C13H15NO2S/c1-2-6-12-9-10-14(11-12)17(15,16)13-7-4-3-5-8-13/h3-5,7-11H,2,6H2,1H3. The van der Waals surface area contributed by atoms with Crippen LogP contribution in [0.15, 0.2) is 53.7 Å². The van der Waals surface area contributed by atoms with Gasteiger partial charge in [0.15, 0.2) is 0 Å². The van der Waals surface area contributed by atoms with Crippen LogP contribution < -0.4 is 0 Å². The van der Waals surface area contributed by atoms with E-state index in [2.05, 4.69) is 6.92 Å². The van der Waals surface area contributed by atoms with Crippen molar-refractivity contribution in [2.24, 2.45) is 0 Å². The Balaban J connectivity index is 2.38. The van der Waals surface area contributed by atoms with Gasteiger partial charge in [-0.2, -0.15) is 0 Å². The quantitative estimate of drug-likeness (QED) is 0.835. The maximum atomic E-state index is 12.2. The number of rotatable bonds is 4. The molecule has 1 aromatic heterocycles. The normalized spacial score (nSPS) is 11.6. The van der Waals surface area contributed by atoms with Crippen LogP contribution in [0.2, 0.25) is 0 Å². The summed E-state index contributed by atoms with van der Waals surface area (Å²) in [5.74, 6) is 0. The van der Waals surface area contributed by atoms with E-state index < -0.39 is 10.0 Å². The van der Waals surface area contributed by atoms with Crippen LogP contribution in [-0.2, 0) is 16.4 Å². The highest BCUT2D eigenvalue weighted by molar-refractivity contribution is 7.90. The van der Waals surface area contributed by atoms with E-state index in [0.29, 0.717) is 4.90 Å². The minimum absolute atomic E-state index is 0.318. The summed E-state index contributed by atoms with van der Waals surface area (Å²) < 4.78 is 25.7. The predicted molar refractivity (Wildman–Crippen MR) is 67.5 cm³/mol. The molecule has 1 heterocycles. The van der Waals surface area contributed by atoms with Gasteiger partial charge in [0.05, 0.1) is 4.90 Å². The molecule has 17 heavy (non-hydrogen) atoms. The first kappa shape index (κ1) is 11.9. The van der Waals surface area contributed by atoms with Crippen molar-refractivity contribution >= 4 is 10.0 Å². The lowest BCUT2D eigenvalue weighted by Gasteiger charge is -2.04. The fourth-order valence-corrected chi connectivity index (χ4v) is 2.96. The van der Waals surface area contributed by atoms with E-state index in [1.807, 2.05) is 6.07 Å². The summed E-state index contributed by atoms with van der Waals surface area (Å²) in [6, 6.07) is 10.3. The van der Waals surface area contributed by atoms with E-state index in [9.17, 15) is 8.42 Å². The first-order chi connectivity index (χ1) is 8.14. The van der Waals surface area contributed by atoms with Crippen LogP contribution in [0.4, 0.5) is 0 Å². The van der Waals surface area contributed by atoms with Gasteiger partial charge in [0, 0.05) is 12.4 Å². The molecule has 90 valence electrons. The average molecular weight is 249 g/mol. The van der Waals surface area contributed by atoms with Crippen LogP contribution >= 0.6 is 0 Å². The highest BCUT2D eigenvalue weighted by atomic mass is 32.2. The summed E-state index contributed by atoms with van der Waals surface area (Å²) >= 11 is 0. The molecule has 2 aromatic rings. The fraction of sp³-hybridized carbons (Fsp3) is 0.231. The summed E-state index contributed by atoms with van der Waals surface area (Å²) in [5, 5.41) is 0. The highest BCUT2D eigenvalue weighted by Crippen LogP contribution is 2.15. The number of aryl methyl sites for hydroxylation is 1. The summed E-state index contributed by atoms with van der Waals surface area (Å²) in [6.45, 7) is 2.07. The molecule has 0 atom stereocenters. The maximum Gasteiger partial charge on any atom is 0.267 e. The monoisotopic (exact) mass is 249 g/mol. The summed E-state index contributed by atoms with van der Waals surface area (Å²) in [5.41, 5.74) is 1.05. The third kappa shape index (κ3) is 2.42. The van der Waals surface area contributed by atoms with Crippen LogP contribution in [0.1, 0.15) is 18.9 Å². The van der Waals surface area contributed by atoms with Crippen molar-refractivity contribution < 1.29 is 8.42 Å². The van der Waals surface area contributed by atoms with E-state index in [-0.39, 0.29) is 0 Å². The summed E-state index contributed by atoms with van der Waals surface area (Å²) in [6.07, 6.45) is 5.20. The van der Waals surface area contributed by atoms with Gasteiger partial charge in [0.1, 0.15) is 0 Å². The van der Waals surface area contributed by atoms with Crippen LogP contribution in [-0.4, -0.2) is 12.4 Å². The average Bonchev–Trinajstić information content (AvgIpc) is 2.80. The molecule has 0 aliphatic heterocycles. The van der Waals surface area contributed by atoms with Crippen LogP contribution in [0, 0.1) is 0 Å². The van der Waals surface area contributed by atoms with Crippen LogP contribution in [0.5, 0.6) is 0 Å². The SMILES string of the molecule is CCCc1ccn(S(=O)(=O)c2ccccc2)c1. The lowest BCUT2D eigenvalue weighted by atomic mass is 10.2. The topological polar surface area (TPSA) is 39.1 Å². The summed E-state index contributed by atoms with van der Waals surface area (Å²) in [4.78, 5) is 0.318. The second kappa shape index (κ2) is 4.75. The summed E-state index contributed by atoms with van der Waals surface area (Å²) in [7, 11) is -3.42. The number of aromatic nitrogens is 1. The zero-order valence-electron chi connectivity index (χ0n) is 9.70. The van der Waals surface area contributed by atoms with Gasteiger partial charge in [0.2, 0.25) is 0 Å². The van der Waals surface area contributed by atoms with Crippen molar-refractivity contribution in [2.45, 2.75) is 24.7 Å². The predicted octanol–water partition coefficient (Wildman–Crippen LogP) is 2.68. The Morgan fingerprint density at radius 3 is 2.47 bits per heavy atom. The van der Waals surface area contributed by atoms with E-state index in [1.54, 1.807) is 42.7 Å². The van der Waals surface area contributed by atoms with Crippen molar-refractivity contribution in [1.29, 1.82) is 0 Å². The Kier molecular flexibility index (Phi) is 3.33. The maximum absolute atomic E-state index is 12.2. The second-order valence-corrected chi connectivity index (χ2v) is 5.76. The van der Waals surface area contributed by atoms with Gasteiger partial charge in [-0.3, -0.25) is 0 Å². The second-order valence-electron chi connectivity index (χ2n) is 3.92. The molecular formula is C13H15NO2S. The van der Waals surface area contributed by atoms with Crippen molar-refractivity contribution in [3.05, 3.63) is 54.4 Å². The first-order valence-corrected chi connectivity index (χ1v) is 7.06. The number of nitrogens with zero attached hydrogens (tertiary/aromatic N) is 1. The Labute approximate surface area is 102 Å². The van der Waals surface area contributed by atoms with E-state index in [0.717, 1.165) is 18.4 Å². The van der Waals surface area contributed by atoms with Gasteiger partial charge < -0.3 is 0 Å². The molecule has 0 fully saturated rings. The molecule has 1 aromatic carbocycles. The largest absolute Gasteiger partial charge is 0.267 e. The fourth-order valence-electron chi connectivity index (χ4n) is 1.72. The van der Waals surface area contributed by atoms with Crippen LogP contribution in [0.3, 0.4) is 0 Å². The number of hydrogen-bond acceptors (Lipinski definition) is 2.